The quantitative estimate of drug-likeness (QED) is 0.899. The van der Waals surface area contributed by atoms with Gasteiger partial charge in [0.1, 0.15) is 6.61 Å². The Morgan fingerprint density at radius 2 is 1.89 bits per heavy atom. The number of aromatic nitrogens is 1. The molecule has 0 bridgehead atoms. The third-order valence-electron chi connectivity index (χ3n) is 2.35. The Morgan fingerprint density at radius 3 is 2.53 bits per heavy atom. The molecule has 0 unspecified atom stereocenters. The van der Waals surface area contributed by atoms with Crippen LogP contribution in [0.15, 0.2) is 47.4 Å². The highest BCUT2D eigenvalue weighted by atomic mass is 35.5. The van der Waals surface area contributed by atoms with Gasteiger partial charge < -0.3 is 14.8 Å². The van der Waals surface area contributed by atoms with Crippen LogP contribution in [0.25, 0.3) is 0 Å². The van der Waals surface area contributed by atoms with Gasteiger partial charge in [0.05, 0.1) is 0 Å². The highest BCUT2D eigenvalue weighted by Crippen LogP contribution is 2.12. The molecule has 1 aromatic heterocycles. The summed E-state index contributed by atoms with van der Waals surface area (Å²) in [6.45, 7) is 0.147. The van der Waals surface area contributed by atoms with E-state index in [4.69, 9.17) is 9.84 Å². The van der Waals surface area contributed by atoms with E-state index in [0.717, 1.165) is 5.56 Å². The van der Waals surface area contributed by atoms with Gasteiger partial charge in [-0.25, -0.2) is 4.79 Å². The van der Waals surface area contributed by atoms with Crippen LogP contribution in [0, 0.1) is 0 Å². The van der Waals surface area contributed by atoms with Crippen molar-refractivity contribution in [2.45, 2.75) is 6.61 Å². The lowest BCUT2D eigenvalue weighted by molar-refractivity contribution is 0.0684. The summed E-state index contributed by atoms with van der Waals surface area (Å²) in [7, 11) is 0. The van der Waals surface area contributed by atoms with Crippen molar-refractivity contribution in [2.75, 3.05) is 0 Å². The average Bonchev–Trinajstić information content (AvgIpc) is 2.38. The second-order valence-electron chi connectivity index (χ2n) is 3.63. The summed E-state index contributed by atoms with van der Waals surface area (Å²) in [5, 5.41) is 8.94. The lowest BCUT2D eigenvalue weighted by atomic mass is 10.2. The maximum absolute atomic E-state index is 11.6. The van der Waals surface area contributed by atoms with Gasteiger partial charge in [-0.2, -0.15) is 0 Å². The van der Waals surface area contributed by atoms with Gasteiger partial charge in [-0.3, -0.25) is 4.79 Å². The molecular formula is C13H12ClNO4. The molecule has 0 radical (unpaired) electrons. The van der Waals surface area contributed by atoms with Gasteiger partial charge in [-0.05, 0) is 5.56 Å². The molecule has 2 N–H and O–H groups in total. The summed E-state index contributed by atoms with van der Waals surface area (Å²) < 4.78 is 5.29. The first-order valence-corrected chi connectivity index (χ1v) is 5.30. The van der Waals surface area contributed by atoms with Crippen LogP contribution in [0.3, 0.4) is 0 Å². The first-order chi connectivity index (χ1) is 8.68. The van der Waals surface area contributed by atoms with Crippen LogP contribution in [0.2, 0.25) is 0 Å². The number of benzene rings is 1. The molecule has 2 rings (SSSR count). The lowest BCUT2D eigenvalue weighted by Gasteiger charge is -2.07. The predicted molar refractivity (Wildman–Crippen MR) is 72.0 cm³/mol. The third-order valence-corrected chi connectivity index (χ3v) is 2.35. The van der Waals surface area contributed by atoms with Crippen LogP contribution in [-0.4, -0.2) is 16.1 Å². The van der Waals surface area contributed by atoms with Crippen LogP contribution in [0.1, 0.15) is 16.1 Å². The van der Waals surface area contributed by atoms with Crippen LogP contribution in [0.5, 0.6) is 5.75 Å². The minimum absolute atomic E-state index is 0. The summed E-state index contributed by atoms with van der Waals surface area (Å²) >= 11 is 0. The Balaban J connectivity index is 0.00000180. The van der Waals surface area contributed by atoms with Gasteiger partial charge in [0.2, 0.25) is 5.43 Å². The molecule has 0 atom stereocenters. The number of carbonyl (C=O) groups is 1. The number of pyridine rings is 1. The number of carboxylic acids is 1. The van der Waals surface area contributed by atoms with Gasteiger partial charge in [0, 0.05) is 12.3 Å². The molecule has 100 valence electrons. The smallest absolute Gasteiger partial charge is 0.356 e. The van der Waals surface area contributed by atoms with Crippen molar-refractivity contribution in [3.63, 3.8) is 0 Å². The molecule has 1 aromatic carbocycles. The zero-order valence-electron chi connectivity index (χ0n) is 9.83. The van der Waals surface area contributed by atoms with E-state index in [-0.39, 0.29) is 30.5 Å². The van der Waals surface area contributed by atoms with Gasteiger partial charge in [0.25, 0.3) is 0 Å². The third kappa shape index (κ3) is 3.59. The maximum Gasteiger partial charge on any atom is 0.356 e. The zero-order valence-corrected chi connectivity index (χ0v) is 10.6. The second kappa shape index (κ2) is 6.61. The summed E-state index contributed by atoms with van der Waals surface area (Å²) in [6, 6.07) is 10.4. The fourth-order valence-corrected chi connectivity index (χ4v) is 1.50. The Labute approximate surface area is 115 Å². The van der Waals surface area contributed by atoms with Crippen molar-refractivity contribution in [3.05, 3.63) is 64.1 Å². The molecule has 6 heteroatoms. The lowest BCUT2D eigenvalue weighted by Crippen LogP contribution is -2.14. The molecule has 0 aliphatic carbocycles. The molecule has 5 nitrogen and oxygen atoms in total. The standard InChI is InChI=1S/C13H11NO4.ClH/c15-10-6-7-14-11(13(16)17)12(10)18-8-9-4-2-1-3-5-9;/h1-7H,8H2,(H,14,15)(H,16,17);1H. The van der Waals surface area contributed by atoms with E-state index < -0.39 is 11.4 Å². The summed E-state index contributed by atoms with van der Waals surface area (Å²) in [5.41, 5.74) is 0.164. The Kier molecular flexibility index (Phi) is 5.14. The number of hydrogen-bond donors (Lipinski definition) is 2. The van der Waals surface area contributed by atoms with Gasteiger partial charge >= 0.3 is 5.97 Å². The second-order valence-corrected chi connectivity index (χ2v) is 3.63. The molecule has 0 aliphatic heterocycles. The first kappa shape index (κ1) is 14.8. The van der Waals surface area contributed by atoms with E-state index in [1.165, 1.54) is 12.3 Å². The molecule has 2 aromatic rings. The molecule has 0 aliphatic rings. The number of rotatable bonds is 4. The highest BCUT2D eigenvalue weighted by molar-refractivity contribution is 5.88. The molecular weight excluding hydrogens is 270 g/mol. The molecule has 0 saturated carbocycles. The zero-order chi connectivity index (χ0) is 13.0. The summed E-state index contributed by atoms with van der Waals surface area (Å²) in [5.74, 6) is -1.40. The van der Waals surface area contributed by atoms with Crippen molar-refractivity contribution < 1.29 is 14.6 Å². The van der Waals surface area contributed by atoms with E-state index in [2.05, 4.69) is 4.98 Å². The van der Waals surface area contributed by atoms with E-state index in [1.54, 1.807) is 0 Å². The van der Waals surface area contributed by atoms with Crippen molar-refractivity contribution in [3.8, 4) is 5.75 Å². The van der Waals surface area contributed by atoms with Crippen molar-refractivity contribution in [1.29, 1.82) is 0 Å². The van der Waals surface area contributed by atoms with Crippen molar-refractivity contribution >= 4 is 18.4 Å². The summed E-state index contributed by atoms with van der Waals surface area (Å²) in [4.78, 5) is 25.0. The number of carboxylic acid groups (broad SMARTS) is 1. The largest absolute Gasteiger partial charge is 0.482 e. The SMILES string of the molecule is Cl.O=C(O)c1[nH]ccc(=O)c1OCc1ccccc1. The van der Waals surface area contributed by atoms with Crippen LogP contribution in [0.4, 0.5) is 0 Å². The van der Waals surface area contributed by atoms with Gasteiger partial charge in [-0.15, -0.1) is 12.4 Å². The van der Waals surface area contributed by atoms with Crippen LogP contribution < -0.4 is 10.2 Å². The van der Waals surface area contributed by atoms with Crippen molar-refractivity contribution in [1.82, 2.24) is 4.98 Å². The fraction of sp³-hybridized carbons (Fsp3) is 0.0769. The normalized spacial score (nSPS) is 9.47. The summed E-state index contributed by atoms with van der Waals surface area (Å²) in [6.07, 6.45) is 1.28. The average molecular weight is 282 g/mol. The number of H-pyrrole nitrogens is 1. The molecule has 0 amide bonds. The minimum atomic E-state index is -1.23. The maximum atomic E-state index is 11.6. The fourth-order valence-electron chi connectivity index (χ4n) is 1.50. The number of aromatic carboxylic acids is 1. The molecule has 0 saturated heterocycles. The van der Waals surface area contributed by atoms with Gasteiger partial charge in [-0.1, -0.05) is 30.3 Å². The molecule has 19 heavy (non-hydrogen) atoms. The predicted octanol–water partition coefficient (Wildman–Crippen LogP) is 2.07. The number of halogens is 1. The molecule has 0 fully saturated rings. The number of nitrogens with one attached hydrogen (secondary N) is 1. The number of ether oxygens (including phenoxy) is 1. The van der Waals surface area contributed by atoms with Gasteiger partial charge in [0.15, 0.2) is 11.4 Å². The first-order valence-electron chi connectivity index (χ1n) is 5.30. The number of aromatic amines is 1. The molecule has 1 heterocycles. The van der Waals surface area contributed by atoms with Crippen LogP contribution in [-0.2, 0) is 6.61 Å². The minimum Gasteiger partial charge on any atom is -0.482 e. The topological polar surface area (TPSA) is 79.4 Å². The van der Waals surface area contributed by atoms with E-state index >= 15 is 0 Å². The Morgan fingerprint density at radius 1 is 1.21 bits per heavy atom. The van der Waals surface area contributed by atoms with Crippen LogP contribution >= 0.6 is 12.4 Å². The monoisotopic (exact) mass is 281 g/mol. The van der Waals surface area contributed by atoms with E-state index in [1.807, 2.05) is 30.3 Å². The van der Waals surface area contributed by atoms with Crippen molar-refractivity contribution in [2.24, 2.45) is 0 Å². The molecule has 0 spiro atoms. The Hall–Kier alpha value is -2.27. The Bertz CT molecular complexity index is 610. The highest BCUT2D eigenvalue weighted by Gasteiger charge is 2.14. The number of hydrogen-bond acceptors (Lipinski definition) is 3. The van der Waals surface area contributed by atoms with E-state index in [0.29, 0.717) is 0 Å². The van der Waals surface area contributed by atoms with E-state index in [9.17, 15) is 9.59 Å².